The maximum absolute atomic E-state index is 13.0. The second-order valence-electron chi connectivity index (χ2n) is 6.68. The van der Waals surface area contributed by atoms with Crippen LogP contribution in [0.4, 0.5) is 0 Å². The van der Waals surface area contributed by atoms with E-state index in [4.69, 9.17) is 14.2 Å². The Morgan fingerprint density at radius 1 is 1.16 bits per heavy atom. The first-order valence-corrected chi connectivity index (χ1v) is 8.58. The van der Waals surface area contributed by atoms with Crippen LogP contribution >= 0.6 is 0 Å². The Morgan fingerprint density at radius 3 is 2.96 bits per heavy atom. The molecule has 25 heavy (non-hydrogen) atoms. The van der Waals surface area contributed by atoms with Gasteiger partial charge in [0.15, 0.2) is 11.5 Å². The second-order valence-corrected chi connectivity index (χ2v) is 6.68. The molecule has 2 bridgehead atoms. The molecule has 3 unspecified atom stereocenters. The van der Waals surface area contributed by atoms with E-state index in [0.717, 1.165) is 19.4 Å². The normalized spacial score (nSPS) is 26.1. The number of benzene rings is 1. The maximum Gasteiger partial charge on any atom is 0.254 e. The molecule has 3 heterocycles. The molecule has 2 aliphatic heterocycles. The third-order valence-electron chi connectivity index (χ3n) is 5.28. The van der Waals surface area contributed by atoms with Crippen LogP contribution in [0.1, 0.15) is 23.2 Å². The van der Waals surface area contributed by atoms with Crippen LogP contribution in [0.5, 0.6) is 17.4 Å². The van der Waals surface area contributed by atoms with E-state index < -0.39 is 0 Å². The summed E-state index contributed by atoms with van der Waals surface area (Å²) in [5.41, 5.74) is 0.633. The highest BCUT2D eigenvalue weighted by Crippen LogP contribution is 2.41. The first-order chi connectivity index (χ1) is 12.3. The van der Waals surface area contributed by atoms with Crippen LogP contribution in [0.15, 0.2) is 42.6 Å². The number of piperidine rings is 1. The summed E-state index contributed by atoms with van der Waals surface area (Å²) in [5, 5.41) is 0. The number of amides is 1. The number of ether oxygens (including phenoxy) is 3. The number of likely N-dealkylation sites (tertiary alicyclic amines) is 1. The van der Waals surface area contributed by atoms with Gasteiger partial charge >= 0.3 is 0 Å². The van der Waals surface area contributed by atoms with Crippen molar-refractivity contribution in [3.05, 3.63) is 48.2 Å². The molecule has 2 aromatic rings. The number of nitrogens with zero attached hydrogens (tertiary/aromatic N) is 2. The van der Waals surface area contributed by atoms with Crippen molar-refractivity contribution in [2.45, 2.75) is 25.0 Å². The lowest BCUT2D eigenvalue weighted by molar-refractivity contribution is 0.0664. The average molecular weight is 338 g/mol. The van der Waals surface area contributed by atoms with E-state index in [2.05, 4.69) is 4.98 Å². The van der Waals surface area contributed by atoms with Gasteiger partial charge in [0.2, 0.25) is 12.7 Å². The molecular weight excluding hydrogens is 320 g/mol. The molecule has 3 aliphatic rings. The molecular formula is C19H18N2O4. The first-order valence-electron chi connectivity index (χ1n) is 8.58. The number of pyridine rings is 1. The van der Waals surface area contributed by atoms with E-state index >= 15 is 0 Å². The standard InChI is InChI=1S/C19H18N2O4/c22-19(12-5-7-15-16(9-12)24-11-23-15)21-10-13-4-6-14(21)18(13)25-17-3-1-2-8-20-17/h1-3,5,7-9,13-14,18H,4,6,10-11H2. The summed E-state index contributed by atoms with van der Waals surface area (Å²) in [6.07, 6.45) is 3.81. The molecule has 128 valence electrons. The minimum Gasteiger partial charge on any atom is -0.472 e. The number of aromatic nitrogens is 1. The second kappa shape index (κ2) is 5.65. The Bertz CT molecular complexity index is 810. The van der Waals surface area contributed by atoms with E-state index in [-0.39, 0.29) is 24.8 Å². The number of carbonyl (C=O) groups is 1. The molecule has 3 atom stereocenters. The molecule has 6 heteroatoms. The average Bonchev–Trinajstić information content (AvgIpc) is 3.36. The summed E-state index contributed by atoms with van der Waals surface area (Å²) in [6.45, 7) is 0.941. The van der Waals surface area contributed by atoms with E-state index in [1.165, 1.54) is 0 Å². The summed E-state index contributed by atoms with van der Waals surface area (Å²) >= 11 is 0. The van der Waals surface area contributed by atoms with Gasteiger partial charge in [-0.05, 0) is 37.1 Å². The fourth-order valence-electron chi connectivity index (χ4n) is 4.10. The third kappa shape index (κ3) is 2.40. The third-order valence-corrected chi connectivity index (χ3v) is 5.28. The summed E-state index contributed by atoms with van der Waals surface area (Å²) in [7, 11) is 0. The highest BCUT2D eigenvalue weighted by Gasteiger charge is 2.50. The fraction of sp³-hybridized carbons (Fsp3) is 0.368. The minimum atomic E-state index is 0.0212. The molecule has 0 radical (unpaired) electrons. The van der Waals surface area contributed by atoms with Gasteiger partial charge in [-0.1, -0.05) is 6.07 Å². The summed E-state index contributed by atoms with van der Waals surface area (Å²) in [4.78, 5) is 19.2. The predicted molar refractivity (Wildman–Crippen MR) is 88.8 cm³/mol. The van der Waals surface area contributed by atoms with Crippen molar-refractivity contribution in [2.24, 2.45) is 5.92 Å². The highest BCUT2D eigenvalue weighted by molar-refractivity contribution is 5.95. The molecule has 1 aromatic heterocycles. The minimum absolute atomic E-state index is 0.0212. The Kier molecular flexibility index (Phi) is 3.29. The van der Waals surface area contributed by atoms with Gasteiger partial charge in [-0.15, -0.1) is 0 Å². The highest BCUT2D eigenvalue weighted by atomic mass is 16.7. The zero-order valence-corrected chi connectivity index (χ0v) is 13.6. The monoisotopic (exact) mass is 338 g/mol. The molecule has 0 spiro atoms. The fourth-order valence-corrected chi connectivity index (χ4v) is 4.10. The van der Waals surface area contributed by atoms with Gasteiger partial charge in [0.25, 0.3) is 5.91 Å². The number of hydrogen-bond donors (Lipinski definition) is 0. The molecule has 2 fully saturated rings. The van der Waals surface area contributed by atoms with Crippen LogP contribution in [-0.2, 0) is 0 Å². The van der Waals surface area contributed by atoms with Crippen molar-refractivity contribution in [1.82, 2.24) is 9.88 Å². The van der Waals surface area contributed by atoms with Gasteiger partial charge in [0, 0.05) is 30.3 Å². The van der Waals surface area contributed by atoms with Crippen molar-refractivity contribution in [1.29, 1.82) is 0 Å². The molecule has 1 saturated carbocycles. The van der Waals surface area contributed by atoms with E-state index in [0.29, 0.717) is 28.9 Å². The van der Waals surface area contributed by atoms with Crippen molar-refractivity contribution < 1.29 is 19.0 Å². The number of hydrogen-bond acceptors (Lipinski definition) is 5. The van der Waals surface area contributed by atoms with Crippen LogP contribution in [0, 0.1) is 5.92 Å². The SMILES string of the molecule is O=C(c1ccc2c(c1)OCO2)N1CC2CCC1C2Oc1ccccn1. The van der Waals surface area contributed by atoms with E-state index in [9.17, 15) is 4.79 Å². The zero-order valence-electron chi connectivity index (χ0n) is 13.6. The quantitative estimate of drug-likeness (QED) is 0.860. The number of rotatable bonds is 3. The largest absolute Gasteiger partial charge is 0.472 e. The Labute approximate surface area is 145 Å². The Morgan fingerprint density at radius 2 is 2.08 bits per heavy atom. The van der Waals surface area contributed by atoms with Crippen LogP contribution in [0.2, 0.25) is 0 Å². The van der Waals surface area contributed by atoms with E-state index in [1.807, 2.05) is 23.1 Å². The van der Waals surface area contributed by atoms with Gasteiger partial charge in [-0.3, -0.25) is 4.79 Å². The molecule has 1 aromatic carbocycles. The number of carbonyl (C=O) groups excluding carboxylic acids is 1. The van der Waals surface area contributed by atoms with Crippen LogP contribution < -0.4 is 14.2 Å². The van der Waals surface area contributed by atoms with Gasteiger partial charge in [-0.2, -0.15) is 0 Å². The van der Waals surface area contributed by atoms with Crippen molar-refractivity contribution in [3.63, 3.8) is 0 Å². The predicted octanol–water partition coefficient (Wildman–Crippen LogP) is 2.49. The van der Waals surface area contributed by atoms with Gasteiger partial charge < -0.3 is 19.1 Å². The summed E-state index contributed by atoms with van der Waals surface area (Å²) in [5.74, 6) is 2.35. The maximum atomic E-state index is 13.0. The van der Waals surface area contributed by atoms with E-state index in [1.54, 1.807) is 24.4 Å². The summed E-state index contributed by atoms with van der Waals surface area (Å²) < 4.78 is 16.8. The van der Waals surface area contributed by atoms with Crippen molar-refractivity contribution >= 4 is 5.91 Å². The lowest BCUT2D eigenvalue weighted by Crippen LogP contribution is -2.40. The molecule has 1 aliphatic carbocycles. The topological polar surface area (TPSA) is 60.9 Å². The van der Waals surface area contributed by atoms with Crippen LogP contribution in [0.25, 0.3) is 0 Å². The molecule has 5 rings (SSSR count). The molecule has 1 amide bonds. The lowest BCUT2D eigenvalue weighted by Gasteiger charge is -2.27. The summed E-state index contributed by atoms with van der Waals surface area (Å²) in [6, 6.07) is 11.1. The van der Waals surface area contributed by atoms with Crippen molar-refractivity contribution in [2.75, 3.05) is 13.3 Å². The smallest absolute Gasteiger partial charge is 0.254 e. The first kappa shape index (κ1) is 14.6. The Balaban J connectivity index is 1.36. The van der Waals surface area contributed by atoms with Gasteiger partial charge in [0.1, 0.15) is 6.10 Å². The zero-order chi connectivity index (χ0) is 16.8. The molecule has 1 saturated heterocycles. The lowest BCUT2D eigenvalue weighted by atomic mass is 10.1. The molecule has 0 N–H and O–H groups in total. The van der Waals surface area contributed by atoms with Crippen molar-refractivity contribution in [3.8, 4) is 17.4 Å². The van der Waals surface area contributed by atoms with Gasteiger partial charge in [-0.25, -0.2) is 4.98 Å². The number of fused-ring (bicyclic) bond motifs is 3. The molecule has 6 nitrogen and oxygen atoms in total. The van der Waals surface area contributed by atoms with Gasteiger partial charge in [0.05, 0.1) is 6.04 Å². The van der Waals surface area contributed by atoms with Crippen LogP contribution in [-0.4, -0.2) is 41.3 Å². The Hall–Kier alpha value is -2.76. The van der Waals surface area contributed by atoms with Crippen LogP contribution in [0.3, 0.4) is 0 Å².